The third-order valence-electron chi connectivity index (χ3n) is 4.27. The summed E-state index contributed by atoms with van der Waals surface area (Å²) in [5.74, 6) is -2.54. The molecule has 32 heavy (non-hydrogen) atoms. The van der Waals surface area contributed by atoms with Crippen LogP contribution in [0.4, 0.5) is 5.69 Å². The lowest BCUT2D eigenvalue weighted by Crippen LogP contribution is -2.44. The summed E-state index contributed by atoms with van der Waals surface area (Å²) in [5.41, 5.74) is 6.52. The van der Waals surface area contributed by atoms with Crippen molar-refractivity contribution in [2.75, 3.05) is 0 Å². The number of rotatable bonds is 11. The Morgan fingerprint density at radius 2 is 1.62 bits per heavy atom. The zero-order valence-electron chi connectivity index (χ0n) is 17.1. The number of aliphatic carboxylic acids is 1. The molecular formula is C22H21N3O6S. The molecule has 0 radical (unpaired) electrons. The Labute approximate surface area is 189 Å². The predicted molar refractivity (Wildman–Crippen MR) is 119 cm³/mol. The van der Waals surface area contributed by atoms with Crippen molar-refractivity contribution in [1.29, 1.82) is 0 Å². The summed E-state index contributed by atoms with van der Waals surface area (Å²) in [5, 5.41) is 13.5. The van der Waals surface area contributed by atoms with Crippen molar-refractivity contribution in [1.82, 2.24) is 5.32 Å². The lowest BCUT2D eigenvalue weighted by atomic mass is 10.0. The van der Waals surface area contributed by atoms with Crippen LogP contribution in [-0.4, -0.2) is 46.0 Å². The number of nitrogens with one attached hydrogen (secondary N) is 1. The number of ether oxygens (including phenoxy) is 1. The van der Waals surface area contributed by atoms with E-state index in [1.54, 1.807) is 55.5 Å². The first-order valence-electron chi connectivity index (χ1n) is 9.49. The van der Waals surface area contributed by atoms with Crippen LogP contribution in [0.15, 0.2) is 53.5 Å². The van der Waals surface area contributed by atoms with Gasteiger partial charge in [0.1, 0.15) is 17.9 Å². The molecule has 2 aromatic rings. The zero-order chi connectivity index (χ0) is 23.7. The van der Waals surface area contributed by atoms with Crippen LogP contribution in [0.2, 0.25) is 0 Å². The maximum Gasteiger partial charge on any atom is 0.326 e. The predicted octanol–water partition coefficient (Wildman–Crippen LogP) is 2.25. The Kier molecular flexibility index (Phi) is 8.76. The van der Waals surface area contributed by atoms with Crippen molar-refractivity contribution >= 4 is 46.6 Å². The van der Waals surface area contributed by atoms with Gasteiger partial charge in [0.15, 0.2) is 5.78 Å². The summed E-state index contributed by atoms with van der Waals surface area (Å²) in [4.78, 5) is 50.5. The number of carbonyl (C=O) groups excluding carboxylic acids is 3. The number of nitrogens with zero attached hydrogens (tertiary/aromatic N) is 1. The summed E-state index contributed by atoms with van der Waals surface area (Å²) in [6.07, 6.45) is -1.23. The lowest BCUT2D eigenvalue weighted by Gasteiger charge is -2.17. The van der Waals surface area contributed by atoms with E-state index in [4.69, 9.17) is 15.6 Å². The summed E-state index contributed by atoms with van der Waals surface area (Å²) < 4.78 is 5.65. The van der Waals surface area contributed by atoms with E-state index in [-0.39, 0.29) is 12.2 Å². The summed E-state index contributed by atoms with van der Waals surface area (Å²) in [6, 6.07) is 11.6. The van der Waals surface area contributed by atoms with E-state index < -0.39 is 36.4 Å². The first-order chi connectivity index (χ1) is 15.2. The van der Waals surface area contributed by atoms with E-state index in [1.807, 2.05) is 0 Å². The molecule has 10 heteroatoms. The van der Waals surface area contributed by atoms with Gasteiger partial charge < -0.3 is 20.9 Å². The number of nitrogens with two attached hydrogens (primary N) is 1. The van der Waals surface area contributed by atoms with Gasteiger partial charge in [0.25, 0.3) is 0 Å². The lowest BCUT2D eigenvalue weighted by molar-refractivity contribution is -0.143. The number of ketones is 1. The van der Waals surface area contributed by atoms with Crippen LogP contribution in [-0.2, 0) is 14.4 Å². The number of carbonyl (C=O) groups is 4. The van der Waals surface area contributed by atoms with Crippen LogP contribution >= 0.6 is 12.2 Å². The van der Waals surface area contributed by atoms with Crippen molar-refractivity contribution < 1.29 is 29.0 Å². The number of thiocarbonyl (C=S) groups is 1. The Morgan fingerprint density at radius 1 is 1.06 bits per heavy atom. The van der Waals surface area contributed by atoms with Crippen molar-refractivity contribution in [2.24, 2.45) is 10.7 Å². The molecule has 0 bridgehead atoms. The summed E-state index contributed by atoms with van der Waals surface area (Å²) in [6.45, 7) is 1.63. The fraction of sp³-hybridized carbons (Fsp3) is 0.227. The Bertz CT molecular complexity index is 1050. The number of hydrogen-bond acceptors (Lipinski definition) is 7. The van der Waals surface area contributed by atoms with Gasteiger partial charge in [-0.05, 0) is 67.7 Å². The number of primary amides is 1. The molecule has 0 aliphatic carbocycles. The van der Waals surface area contributed by atoms with Crippen LogP contribution < -0.4 is 15.8 Å². The second kappa shape index (κ2) is 11.5. The molecule has 2 atom stereocenters. The average Bonchev–Trinajstić information content (AvgIpc) is 2.73. The molecule has 2 amide bonds. The van der Waals surface area contributed by atoms with E-state index in [9.17, 15) is 19.2 Å². The van der Waals surface area contributed by atoms with Crippen LogP contribution in [0.1, 0.15) is 35.7 Å². The molecule has 2 aromatic carbocycles. The van der Waals surface area contributed by atoms with Crippen LogP contribution in [0.25, 0.3) is 0 Å². The fourth-order valence-corrected chi connectivity index (χ4v) is 2.89. The number of isothiocyanates is 1. The number of amides is 2. The molecule has 0 saturated carbocycles. The molecule has 0 heterocycles. The van der Waals surface area contributed by atoms with Crippen LogP contribution in [0.3, 0.4) is 0 Å². The van der Waals surface area contributed by atoms with Gasteiger partial charge in [-0.15, -0.1) is 0 Å². The molecule has 0 aliphatic rings. The molecule has 0 aliphatic heterocycles. The van der Waals surface area contributed by atoms with Crippen molar-refractivity contribution in [3.05, 3.63) is 59.7 Å². The molecule has 9 nitrogen and oxygen atoms in total. The molecular weight excluding hydrogens is 434 g/mol. The molecule has 2 rings (SSSR count). The molecule has 0 fully saturated rings. The van der Waals surface area contributed by atoms with Gasteiger partial charge in [-0.2, -0.15) is 4.99 Å². The van der Waals surface area contributed by atoms with Gasteiger partial charge in [-0.3, -0.25) is 14.4 Å². The van der Waals surface area contributed by atoms with Gasteiger partial charge in [0.2, 0.25) is 11.8 Å². The van der Waals surface area contributed by atoms with Crippen LogP contribution in [0.5, 0.6) is 5.75 Å². The highest BCUT2D eigenvalue weighted by molar-refractivity contribution is 7.78. The van der Waals surface area contributed by atoms with E-state index in [1.165, 1.54) is 0 Å². The first kappa shape index (κ1) is 24.4. The van der Waals surface area contributed by atoms with Crippen LogP contribution in [0, 0.1) is 0 Å². The van der Waals surface area contributed by atoms with Gasteiger partial charge >= 0.3 is 5.97 Å². The van der Waals surface area contributed by atoms with E-state index >= 15 is 0 Å². The number of aliphatic imine (C=N–C) groups is 1. The second-order valence-corrected chi connectivity index (χ2v) is 7.05. The number of hydrogen-bond donors (Lipinski definition) is 3. The average molecular weight is 455 g/mol. The third kappa shape index (κ3) is 7.42. The van der Waals surface area contributed by atoms with Crippen molar-refractivity contribution in [3.63, 3.8) is 0 Å². The highest BCUT2D eigenvalue weighted by Gasteiger charge is 2.23. The van der Waals surface area contributed by atoms with Gasteiger partial charge in [0, 0.05) is 11.1 Å². The number of carboxylic acid groups (broad SMARTS) is 1. The third-order valence-corrected chi connectivity index (χ3v) is 4.36. The topological polar surface area (TPSA) is 148 Å². The molecule has 166 valence electrons. The normalized spacial score (nSPS) is 12.0. The van der Waals surface area contributed by atoms with E-state index in [0.717, 1.165) is 0 Å². The van der Waals surface area contributed by atoms with E-state index in [0.29, 0.717) is 22.6 Å². The van der Waals surface area contributed by atoms with Gasteiger partial charge in [0.05, 0.1) is 23.7 Å². The second-order valence-electron chi connectivity index (χ2n) is 6.86. The maximum absolute atomic E-state index is 12.6. The minimum Gasteiger partial charge on any atom is -0.490 e. The molecule has 0 spiro atoms. The Morgan fingerprint density at radius 3 is 2.12 bits per heavy atom. The van der Waals surface area contributed by atoms with Gasteiger partial charge in [-0.1, -0.05) is 0 Å². The maximum atomic E-state index is 12.6. The number of benzene rings is 2. The zero-order valence-corrected chi connectivity index (χ0v) is 17.9. The smallest absolute Gasteiger partial charge is 0.326 e. The van der Waals surface area contributed by atoms with E-state index in [2.05, 4.69) is 27.7 Å². The molecule has 2 unspecified atom stereocenters. The minimum atomic E-state index is -1.40. The first-order valence-corrected chi connectivity index (χ1v) is 9.90. The molecule has 0 saturated heterocycles. The van der Waals surface area contributed by atoms with Gasteiger partial charge in [-0.25, -0.2) is 4.79 Å². The highest BCUT2D eigenvalue weighted by atomic mass is 32.1. The molecule has 4 N–H and O–H groups in total. The monoisotopic (exact) mass is 455 g/mol. The Hall–Kier alpha value is -3.88. The fourth-order valence-electron chi connectivity index (χ4n) is 2.78. The SMILES string of the molecule is CC(CC(=O)NC(CC(N)=O)C(=O)O)Oc1ccc(C(=O)c2ccc(N=C=S)cc2)cc1. The van der Waals surface area contributed by atoms with Crippen molar-refractivity contribution in [2.45, 2.75) is 31.9 Å². The minimum absolute atomic E-state index is 0.139. The summed E-state index contributed by atoms with van der Waals surface area (Å²) in [7, 11) is 0. The largest absolute Gasteiger partial charge is 0.490 e. The Balaban J connectivity index is 1.94. The highest BCUT2D eigenvalue weighted by Crippen LogP contribution is 2.19. The quantitative estimate of drug-likeness (QED) is 0.267. The number of carboxylic acids is 1. The molecule has 0 aromatic heterocycles. The van der Waals surface area contributed by atoms with Crippen molar-refractivity contribution in [3.8, 4) is 5.75 Å². The summed E-state index contributed by atoms with van der Waals surface area (Å²) >= 11 is 4.55. The standard InChI is InChI=1S/C22H21N3O6S/c1-13(10-20(27)25-18(22(29)30)11-19(23)26)31-17-8-4-15(5-9-17)21(28)14-2-6-16(7-3-14)24-12-32/h2-9,13,18H,10-11H2,1H3,(H2,23,26)(H,25,27)(H,29,30).